The van der Waals surface area contributed by atoms with Crippen LogP contribution in [0.25, 0.3) is 0 Å². The van der Waals surface area contributed by atoms with Crippen molar-refractivity contribution in [1.82, 2.24) is 10.6 Å². The highest BCUT2D eigenvalue weighted by Gasteiger charge is 2.43. The lowest BCUT2D eigenvalue weighted by Crippen LogP contribution is -2.52. The van der Waals surface area contributed by atoms with Crippen LogP contribution >= 0.6 is 0 Å². The van der Waals surface area contributed by atoms with E-state index in [9.17, 15) is 15.3 Å². The van der Waals surface area contributed by atoms with Crippen LogP contribution in [0.5, 0.6) is 0 Å². The van der Waals surface area contributed by atoms with Gasteiger partial charge in [0.2, 0.25) is 0 Å². The standard InChI is InChI=1S/C32H61N3O7/c1-4-34-23(8-5-21-11-12-35-31(33)14-21)19-41-30-16-22(15-29(40-3)32(30)38)27-18-24(36)17-25(42-27)9-6-20-7-10-26(37)28(13-20)39-2/h20-32,34-38H,4-19,33H2,1-3H3. The fourth-order valence-corrected chi connectivity index (χ4v) is 8.07. The van der Waals surface area contributed by atoms with Gasteiger partial charge >= 0.3 is 0 Å². The van der Waals surface area contributed by atoms with E-state index in [0.29, 0.717) is 44.1 Å². The summed E-state index contributed by atoms with van der Waals surface area (Å²) in [6, 6.07) is 0.227. The molecule has 42 heavy (non-hydrogen) atoms. The van der Waals surface area contributed by atoms with Gasteiger partial charge in [0.1, 0.15) is 6.10 Å². The van der Waals surface area contributed by atoms with Crippen LogP contribution in [0.3, 0.4) is 0 Å². The Kier molecular flexibility index (Phi) is 14.2. The van der Waals surface area contributed by atoms with Gasteiger partial charge in [-0.25, -0.2) is 0 Å². The monoisotopic (exact) mass is 599 g/mol. The summed E-state index contributed by atoms with van der Waals surface area (Å²) in [6.45, 7) is 4.53. The Balaban J connectivity index is 1.29. The molecule has 0 spiro atoms. The van der Waals surface area contributed by atoms with Gasteiger partial charge in [0.25, 0.3) is 0 Å². The number of rotatable bonds is 14. The van der Waals surface area contributed by atoms with Crippen molar-refractivity contribution < 1.29 is 34.3 Å². The number of aliphatic hydroxyl groups excluding tert-OH is 3. The summed E-state index contributed by atoms with van der Waals surface area (Å²) in [4.78, 5) is 0. The summed E-state index contributed by atoms with van der Waals surface area (Å²) in [5, 5.41) is 39.0. The van der Waals surface area contributed by atoms with Crippen molar-refractivity contribution >= 4 is 0 Å². The minimum atomic E-state index is -0.685. The van der Waals surface area contributed by atoms with Gasteiger partial charge in [-0.15, -0.1) is 0 Å². The number of aliphatic hydroxyl groups is 3. The zero-order chi connectivity index (χ0) is 30.1. The average molecular weight is 600 g/mol. The van der Waals surface area contributed by atoms with Crippen LogP contribution in [0.15, 0.2) is 0 Å². The third-order valence-electron chi connectivity index (χ3n) is 10.6. The molecule has 2 saturated heterocycles. The molecule has 4 fully saturated rings. The molecular formula is C32H61N3O7. The molecular weight excluding hydrogens is 538 g/mol. The smallest absolute Gasteiger partial charge is 0.106 e. The molecule has 2 aliphatic carbocycles. The fraction of sp³-hybridized carbons (Fsp3) is 1.00. The number of ether oxygens (including phenoxy) is 4. The number of hydrogen-bond acceptors (Lipinski definition) is 10. The summed E-state index contributed by atoms with van der Waals surface area (Å²) in [5.74, 6) is 1.30. The number of nitrogens with two attached hydrogens (primary N) is 1. The molecule has 10 nitrogen and oxygen atoms in total. The summed E-state index contributed by atoms with van der Waals surface area (Å²) in [5.41, 5.74) is 6.12. The Morgan fingerprint density at radius 2 is 1.64 bits per heavy atom. The summed E-state index contributed by atoms with van der Waals surface area (Å²) in [7, 11) is 3.34. The highest BCUT2D eigenvalue weighted by atomic mass is 16.5. The van der Waals surface area contributed by atoms with Crippen molar-refractivity contribution in [2.24, 2.45) is 23.5 Å². The van der Waals surface area contributed by atoms with Gasteiger partial charge in [0.05, 0.1) is 55.5 Å². The molecule has 2 heterocycles. The lowest BCUT2D eigenvalue weighted by Gasteiger charge is -2.44. The third kappa shape index (κ3) is 10.1. The van der Waals surface area contributed by atoms with Crippen LogP contribution in [0.1, 0.15) is 90.4 Å². The van der Waals surface area contributed by atoms with Gasteiger partial charge in [-0.2, -0.15) is 0 Å². The molecule has 2 aliphatic heterocycles. The normalized spacial score (nSPS) is 42.4. The first-order valence-electron chi connectivity index (χ1n) is 16.9. The predicted molar refractivity (Wildman–Crippen MR) is 162 cm³/mol. The molecule has 4 aliphatic rings. The minimum absolute atomic E-state index is 0.0139. The van der Waals surface area contributed by atoms with Crippen molar-refractivity contribution in [3.05, 3.63) is 0 Å². The molecule has 246 valence electrons. The highest BCUT2D eigenvalue weighted by Crippen LogP contribution is 2.38. The first-order chi connectivity index (χ1) is 20.3. The fourth-order valence-electron chi connectivity index (χ4n) is 8.07. The average Bonchev–Trinajstić information content (AvgIpc) is 2.98. The summed E-state index contributed by atoms with van der Waals surface area (Å²) >= 11 is 0. The highest BCUT2D eigenvalue weighted by molar-refractivity contribution is 4.94. The van der Waals surface area contributed by atoms with Gasteiger partial charge in [0.15, 0.2) is 0 Å². The number of methoxy groups -OCH3 is 2. The van der Waals surface area contributed by atoms with Crippen LogP contribution in [-0.4, -0.2) is 110 Å². The Hall–Kier alpha value is -0.400. The van der Waals surface area contributed by atoms with Gasteiger partial charge in [-0.1, -0.05) is 6.92 Å². The molecule has 0 bridgehead atoms. The first-order valence-corrected chi connectivity index (χ1v) is 16.9. The molecule has 0 aromatic heterocycles. The maximum atomic E-state index is 11.1. The Labute approximate surface area is 253 Å². The number of nitrogens with one attached hydrogen (secondary N) is 2. The van der Waals surface area contributed by atoms with Crippen LogP contribution in [0.4, 0.5) is 0 Å². The van der Waals surface area contributed by atoms with E-state index >= 15 is 0 Å². The second-order valence-electron chi connectivity index (χ2n) is 13.7. The largest absolute Gasteiger partial charge is 0.393 e. The quantitative estimate of drug-likeness (QED) is 0.175. The molecule has 4 rings (SSSR count). The van der Waals surface area contributed by atoms with Crippen LogP contribution in [-0.2, 0) is 18.9 Å². The summed E-state index contributed by atoms with van der Waals surface area (Å²) < 4.78 is 24.3. The number of likely N-dealkylation sites (N-methyl/N-ethyl adjacent to an activating group) is 1. The molecule has 13 unspecified atom stereocenters. The molecule has 10 heteroatoms. The molecule has 13 atom stereocenters. The van der Waals surface area contributed by atoms with Crippen LogP contribution < -0.4 is 16.4 Å². The molecule has 0 amide bonds. The summed E-state index contributed by atoms with van der Waals surface area (Å²) in [6.07, 6.45) is 9.45. The SMILES string of the molecule is CCNC(CCC1CCNC(N)C1)COC1CC(C2CC(O)CC(CCC3CCC(O)C(OC)C3)O2)CC(OC)C1O. The van der Waals surface area contributed by atoms with E-state index in [1.165, 1.54) is 0 Å². The lowest BCUT2D eigenvalue weighted by molar-refractivity contribution is -0.177. The molecule has 0 radical (unpaired) electrons. The molecule has 0 aromatic carbocycles. The topological polar surface area (TPSA) is 148 Å². The van der Waals surface area contributed by atoms with E-state index in [2.05, 4.69) is 17.6 Å². The van der Waals surface area contributed by atoms with Gasteiger partial charge in [-0.05, 0) is 114 Å². The Morgan fingerprint density at radius 1 is 0.881 bits per heavy atom. The zero-order valence-corrected chi connectivity index (χ0v) is 26.4. The van der Waals surface area contributed by atoms with Gasteiger partial charge in [-0.3, -0.25) is 0 Å². The van der Waals surface area contributed by atoms with Crippen molar-refractivity contribution in [2.45, 2.75) is 151 Å². The Morgan fingerprint density at radius 3 is 2.38 bits per heavy atom. The molecule has 7 N–H and O–H groups in total. The maximum Gasteiger partial charge on any atom is 0.106 e. The minimum Gasteiger partial charge on any atom is -0.393 e. The van der Waals surface area contributed by atoms with E-state index in [0.717, 1.165) is 70.9 Å². The van der Waals surface area contributed by atoms with E-state index in [1.54, 1.807) is 14.2 Å². The van der Waals surface area contributed by atoms with E-state index in [1.807, 2.05) is 0 Å². The van der Waals surface area contributed by atoms with Crippen molar-refractivity contribution in [3.8, 4) is 0 Å². The van der Waals surface area contributed by atoms with E-state index in [4.69, 9.17) is 24.7 Å². The third-order valence-corrected chi connectivity index (χ3v) is 10.6. The van der Waals surface area contributed by atoms with Crippen molar-refractivity contribution in [2.75, 3.05) is 33.9 Å². The second kappa shape index (κ2) is 17.3. The predicted octanol–water partition coefficient (Wildman–Crippen LogP) is 2.06. The zero-order valence-electron chi connectivity index (χ0n) is 26.4. The maximum absolute atomic E-state index is 11.1. The van der Waals surface area contributed by atoms with Crippen LogP contribution in [0.2, 0.25) is 0 Å². The second-order valence-corrected chi connectivity index (χ2v) is 13.7. The van der Waals surface area contributed by atoms with Gasteiger partial charge < -0.3 is 50.6 Å². The number of hydrogen-bond donors (Lipinski definition) is 6. The van der Waals surface area contributed by atoms with Crippen molar-refractivity contribution in [3.63, 3.8) is 0 Å². The van der Waals surface area contributed by atoms with Crippen molar-refractivity contribution in [1.29, 1.82) is 0 Å². The number of piperidine rings is 1. The molecule has 0 aromatic rings. The van der Waals surface area contributed by atoms with E-state index in [-0.39, 0.29) is 60.9 Å². The first kappa shape index (κ1) is 34.5. The lowest BCUT2D eigenvalue weighted by atomic mass is 9.77. The van der Waals surface area contributed by atoms with Crippen LogP contribution in [0, 0.1) is 17.8 Å². The van der Waals surface area contributed by atoms with E-state index < -0.39 is 6.10 Å². The molecule has 2 saturated carbocycles. The Bertz CT molecular complexity index is 766. The van der Waals surface area contributed by atoms with Gasteiger partial charge in [0, 0.05) is 20.3 Å².